The number of amides is 1. The van der Waals surface area contributed by atoms with Crippen LogP contribution in [0.1, 0.15) is 15.9 Å². The molecule has 2 aromatic rings. The lowest BCUT2D eigenvalue weighted by Crippen LogP contribution is -2.13. The van der Waals surface area contributed by atoms with Crippen molar-refractivity contribution in [3.05, 3.63) is 56.5 Å². The molecule has 0 saturated heterocycles. The maximum Gasteiger partial charge on any atom is 0.255 e. The Hall–Kier alpha value is -1.33. The van der Waals surface area contributed by atoms with Crippen LogP contribution in [0.15, 0.2) is 45.3 Å². The average Bonchev–Trinajstić information content (AvgIpc) is 2.33. The molecule has 0 aliphatic heterocycles. The van der Waals surface area contributed by atoms with E-state index in [0.29, 0.717) is 16.9 Å². The van der Waals surface area contributed by atoms with Crippen molar-refractivity contribution in [1.29, 1.82) is 0 Å². The van der Waals surface area contributed by atoms with Gasteiger partial charge in [0.15, 0.2) is 0 Å². The van der Waals surface area contributed by atoms with Crippen molar-refractivity contribution >= 4 is 49.1 Å². The SMILES string of the molecule is Cc1cccc(C(=O)Nc2c(Br)cc(N)cc2Br)c1. The molecule has 98 valence electrons. The number of nitrogens with one attached hydrogen (secondary N) is 1. The zero-order chi connectivity index (χ0) is 14.0. The lowest BCUT2D eigenvalue weighted by atomic mass is 10.1. The summed E-state index contributed by atoms with van der Waals surface area (Å²) in [5.41, 5.74) is 8.67. The van der Waals surface area contributed by atoms with Gasteiger partial charge in [0.25, 0.3) is 5.91 Å². The van der Waals surface area contributed by atoms with Crippen LogP contribution in [0.5, 0.6) is 0 Å². The van der Waals surface area contributed by atoms with Gasteiger partial charge in [-0.15, -0.1) is 0 Å². The first-order chi connectivity index (χ1) is 8.97. The summed E-state index contributed by atoms with van der Waals surface area (Å²) in [5.74, 6) is -0.158. The summed E-state index contributed by atoms with van der Waals surface area (Å²) in [7, 11) is 0. The number of benzene rings is 2. The Morgan fingerprint density at radius 2 is 1.79 bits per heavy atom. The van der Waals surface area contributed by atoms with Crippen molar-refractivity contribution in [3.63, 3.8) is 0 Å². The number of anilines is 2. The van der Waals surface area contributed by atoms with Crippen LogP contribution in [-0.2, 0) is 0 Å². The topological polar surface area (TPSA) is 55.1 Å². The maximum absolute atomic E-state index is 12.2. The second-order valence-corrected chi connectivity index (χ2v) is 5.89. The van der Waals surface area contributed by atoms with E-state index in [1.807, 2.05) is 25.1 Å². The first kappa shape index (κ1) is 14.1. The zero-order valence-corrected chi connectivity index (χ0v) is 13.4. The molecular formula is C14H12Br2N2O. The van der Waals surface area contributed by atoms with Crippen LogP contribution in [-0.4, -0.2) is 5.91 Å². The molecule has 0 heterocycles. The molecule has 0 saturated carbocycles. The Balaban J connectivity index is 2.29. The number of hydrogen-bond acceptors (Lipinski definition) is 2. The number of carbonyl (C=O) groups excluding carboxylic acids is 1. The molecule has 0 aliphatic carbocycles. The minimum absolute atomic E-state index is 0.158. The third kappa shape index (κ3) is 3.36. The van der Waals surface area contributed by atoms with Crippen molar-refractivity contribution in [2.45, 2.75) is 6.92 Å². The molecule has 3 nitrogen and oxygen atoms in total. The van der Waals surface area contributed by atoms with Crippen LogP contribution >= 0.6 is 31.9 Å². The zero-order valence-electron chi connectivity index (χ0n) is 10.2. The van der Waals surface area contributed by atoms with Gasteiger partial charge in [0, 0.05) is 20.2 Å². The molecule has 19 heavy (non-hydrogen) atoms. The van der Waals surface area contributed by atoms with Gasteiger partial charge in [0.2, 0.25) is 0 Å². The van der Waals surface area contributed by atoms with Crippen LogP contribution in [0.3, 0.4) is 0 Å². The summed E-state index contributed by atoms with van der Waals surface area (Å²) in [4.78, 5) is 12.2. The first-order valence-electron chi connectivity index (χ1n) is 5.60. The smallest absolute Gasteiger partial charge is 0.255 e. The van der Waals surface area contributed by atoms with Crippen LogP contribution in [0.4, 0.5) is 11.4 Å². The third-order valence-corrected chi connectivity index (χ3v) is 3.83. The van der Waals surface area contributed by atoms with Gasteiger partial charge in [0.1, 0.15) is 0 Å². The monoisotopic (exact) mass is 382 g/mol. The van der Waals surface area contributed by atoms with Crippen molar-refractivity contribution in [3.8, 4) is 0 Å². The van der Waals surface area contributed by atoms with Crippen LogP contribution in [0, 0.1) is 6.92 Å². The van der Waals surface area contributed by atoms with Crippen LogP contribution in [0.25, 0.3) is 0 Å². The van der Waals surface area contributed by atoms with E-state index in [9.17, 15) is 4.79 Å². The Kier molecular flexibility index (Phi) is 4.27. The Morgan fingerprint density at radius 3 is 2.37 bits per heavy atom. The molecule has 0 aromatic heterocycles. The fourth-order valence-corrected chi connectivity index (χ4v) is 3.10. The fraction of sp³-hybridized carbons (Fsp3) is 0.0714. The number of nitrogens with two attached hydrogens (primary N) is 1. The molecule has 0 bridgehead atoms. The lowest BCUT2D eigenvalue weighted by molar-refractivity contribution is 0.102. The molecule has 0 spiro atoms. The van der Waals surface area contributed by atoms with E-state index < -0.39 is 0 Å². The van der Waals surface area contributed by atoms with Gasteiger partial charge in [-0.25, -0.2) is 0 Å². The number of rotatable bonds is 2. The summed E-state index contributed by atoms with van der Waals surface area (Å²) in [6.45, 7) is 1.95. The van der Waals surface area contributed by atoms with Crippen LogP contribution < -0.4 is 11.1 Å². The average molecular weight is 384 g/mol. The predicted octanol–water partition coefficient (Wildman–Crippen LogP) is 4.35. The highest BCUT2D eigenvalue weighted by molar-refractivity contribution is 9.11. The van der Waals surface area contributed by atoms with E-state index in [1.165, 1.54) is 0 Å². The van der Waals surface area contributed by atoms with Gasteiger partial charge in [-0.3, -0.25) is 4.79 Å². The number of nitrogen functional groups attached to an aromatic ring is 1. The van der Waals surface area contributed by atoms with E-state index in [4.69, 9.17) is 5.73 Å². The van der Waals surface area contributed by atoms with Crippen molar-refractivity contribution < 1.29 is 4.79 Å². The minimum Gasteiger partial charge on any atom is -0.399 e. The van der Waals surface area contributed by atoms with Crippen LogP contribution in [0.2, 0.25) is 0 Å². The second-order valence-electron chi connectivity index (χ2n) is 4.18. The molecule has 2 aromatic carbocycles. The molecule has 3 N–H and O–H groups in total. The third-order valence-electron chi connectivity index (χ3n) is 2.58. The fourth-order valence-electron chi connectivity index (χ4n) is 1.68. The molecule has 0 aliphatic rings. The van der Waals surface area contributed by atoms with E-state index in [1.54, 1.807) is 18.2 Å². The Labute approximate surface area is 128 Å². The van der Waals surface area contributed by atoms with Gasteiger partial charge < -0.3 is 11.1 Å². The highest BCUT2D eigenvalue weighted by Crippen LogP contribution is 2.33. The van der Waals surface area contributed by atoms with E-state index in [-0.39, 0.29) is 5.91 Å². The standard InChI is InChI=1S/C14H12Br2N2O/c1-8-3-2-4-9(5-8)14(19)18-13-11(15)6-10(17)7-12(13)16/h2-7H,17H2,1H3,(H,18,19). The molecule has 5 heteroatoms. The molecule has 1 amide bonds. The van der Waals surface area contributed by atoms with Gasteiger partial charge in [-0.05, 0) is 63.0 Å². The normalized spacial score (nSPS) is 10.3. The lowest BCUT2D eigenvalue weighted by Gasteiger charge is -2.11. The Bertz CT molecular complexity index is 618. The second kappa shape index (κ2) is 5.75. The number of halogens is 2. The predicted molar refractivity (Wildman–Crippen MR) is 85.4 cm³/mol. The highest BCUT2D eigenvalue weighted by atomic mass is 79.9. The molecule has 0 unspecified atom stereocenters. The van der Waals surface area contributed by atoms with Crippen molar-refractivity contribution in [2.75, 3.05) is 11.1 Å². The molecule has 2 rings (SSSR count). The van der Waals surface area contributed by atoms with E-state index in [2.05, 4.69) is 37.2 Å². The van der Waals surface area contributed by atoms with Gasteiger partial charge in [-0.1, -0.05) is 17.7 Å². The molecular weight excluding hydrogens is 372 g/mol. The minimum atomic E-state index is -0.158. The summed E-state index contributed by atoms with van der Waals surface area (Å²) in [6.07, 6.45) is 0. The molecule has 0 atom stereocenters. The number of hydrogen-bond donors (Lipinski definition) is 2. The largest absolute Gasteiger partial charge is 0.399 e. The molecule has 0 radical (unpaired) electrons. The van der Waals surface area contributed by atoms with E-state index >= 15 is 0 Å². The number of aryl methyl sites for hydroxylation is 1. The van der Waals surface area contributed by atoms with Gasteiger partial charge in [-0.2, -0.15) is 0 Å². The quantitative estimate of drug-likeness (QED) is 0.757. The first-order valence-corrected chi connectivity index (χ1v) is 7.18. The van der Waals surface area contributed by atoms with Crippen molar-refractivity contribution in [2.24, 2.45) is 0 Å². The van der Waals surface area contributed by atoms with Gasteiger partial charge >= 0.3 is 0 Å². The van der Waals surface area contributed by atoms with Gasteiger partial charge in [0.05, 0.1) is 5.69 Å². The Morgan fingerprint density at radius 1 is 1.16 bits per heavy atom. The molecule has 0 fully saturated rings. The number of carbonyl (C=O) groups is 1. The highest BCUT2D eigenvalue weighted by Gasteiger charge is 2.12. The summed E-state index contributed by atoms with van der Waals surface area (Å²) in [6, 6.07) is 10.9. The maximum atomic E-state index is 12.2. The summed E-state index contributed by atoms with van der Waals surface area (Å²) < 4.78 is 1.47. The van der Waals surface area contributed by atoms with Crippen molar-refractivity contribution in [1.82, 2.24) is 0 Å². The summed E-state index contributed by atoms with van der Waals surface area (Å²) >= 11 is 6.78. The summed E-state index contributed by atoms with van der Waals surface area (Å²) in [5, 5.41) is 2.86. The van der Waals surface area contributed by atoms with E-state index in [0.717, 1.165) is 14.5 Å².